The fourth-order valence-electron chi connectivity index (χ4n) is 2.71. The Labute approximate surface area is 125 Å². The summed E-state index contributed by atoms with van der Waals surface area (Å²) in [4.78, 5) is 12.2. The van der Waals surface area contributed by atoms with Crippen molar-refractivity contribution in [3.8, 4) is 11.8 Å². The lowest BCUT2D eigenvalue weighted by atomic mass is 9.86. The van der Waals surface area contributed by atoms with Gasteiger partial charge in [-0.3, -0.25) is 4.79 Å². The Morgan fingerprint density at radius 2 is 2.19 bits per heavy atom. The second-order valence-electron chi connectivity index (χ2n) is 5.61. The fraction of sp³-hybridized carbons (Fsp3) is 0.412. The van der Waals surface area contributed by atoms with Crippen molar-refractivity contribution in [1.29, 1.82) is 5.26 Å². The Morgan fingerprint density at radius 1 is 1.43 bits per heavy atom. The van der Waals surface area contributed by atoms with Gasteiger partial charge in [-0.15, -0.1) is 0 Å². The van der Waals surface area contributed by atoms with Crippen LogP contribution in [0.5, 0.6) is 5.75 Å². The third kappa shape index (κ3) is 4.09. The van der Waals surface area contributed by atoms with E-state index in [2.05, 4.69) is 12.2 Å². The van der Waals surface area contributed by atoms with Crippen molar-refractivity contribution in [3.63, 3.8) is 0 Å². The first-order valence-corrected chi connectivity index (χ1v) is 7.32. The van der Waals surface area contributed by atoms with E-state index in [1.807, 2.05) is 6.07 Å². The number of rotatable bonds is 3. The van der Waals surface area contributed by atoms with Gasteiger partial charge in [-0.1, -0.05) is 31.9 Å². The first-order valence-electron chi connectivity index (χ1n) is 7.32. The van der Waals surface area contributed by atoms with Gasteiger partial charge in [-0.25, -0.2) is 0 Å². The van der Waals surface area contributed by atoms with Crippen molar-refractivity contribution >= 4 is 12.0 Å². The van der Waals surface area contributed by atoms with E-state index in [9.17, 15) is 15.2 Å². The molecule has 0 saturated heterocycles. The minimum Gasteiger partial charge on any atom is -0.508 e. The average molecular weight is 284 g/mol. The predicted molar refractivity (Wildman–Crippen MR) is 81.3 cm³/mol. The van der Waals surface area contributed by atoms with Gasteiger partial charge >= 0.3 is 0 Å². The van der Waals surface area contributed by atoms with Crippen LogP contribution in [-0.4, -0.2) is 17.1 Å². The summed E-state index contributed by atoms with van der Waals surface area (Å²) in [6.45, 7) is 2.13. The van der Waals surface area contributed by atoms with E-state index in [0.717, 1.165) is 19.3 Å². The normalized spacial score (nSPS) is 22.4. The van der Waals surface area contributed by atoms with E-state index in [0.29, 0.717) is 11.5 Å². The van der Waals surface area contributed by atoms with E-state index < -0.39 is 0 Å². The highest BCUT2D eigenvalue weighted by atomic mass is 16.3. The molecular formula is C17H20N2O2. The number of phenols is 1. The van der Waals surface area contributed by atoms with Crippen LogP contribution in [0.25, 0.3) is 6.08 Å². The van der Waals surface area contributed by atoms with E-state index in [1.165, 1.54) is 18.6 Å². The summed E-state index contributed by atoms with van der Waals surface area (Å²) in [6, 6.07) is 8.58. The van der Waals surface area contributed by atoms with Crippen molar-refractivity contribution < 1.29 is 9.90 Å². The van der Waals surface area contributed by atoms with Gasteiger partial charge in [0.2, 0.25) is 0 Å². The molecule has 0 spiro atoms. The smallest absolute Gasteiger partial charge is 0.262 e. The quantitative estimate of drug-likeness (QED) is 0.662. The molecule has 1 aliphatic rings. The largest absolute Gasteiger partial charge is 0.508 e. The zero-order valence-corrected chi connectivity index (χ0v) is 12.2. The van der Waals surface area contributed by atoms with Crippen molar-refractivity contribution in [2.45, 2.75) is 38.6 Å². The summed E-state index contributed by atoms with van der Waals surface area (Å²) < 4.78 is 0. The lowest BCUT2D eigenvalue weighted by Gasteiger charge is -2.29. The summed E-state index contributed by atoms with van der Waals surface area (Å²) in [5.74, 6) is 0.227. The van der Waals surface area contributed by atoms with Gasteiger partial charge in [0.05, 0.1) is 0 Å². The maximum atomic E-state index is 12.2. The first kappa shape index (κ1) is 15.1. The summed E-state index contributed by atoms with van der Waals surface area (Å²) in [7, 11) is 0. The van der Waals surface area contributed by atoms with Gasteiger partial charge in [0, 0.05) is 6.04 Å². The SMILES string of the molecule is CC1CCCCC1NC(=O)/C(C#N)=C/c1cccc(O)c1. The number of nitriles is 1. The predicted octanol–water partition coefficient (Wildman–Crippen LogP) is 2.99. The molecule has 1 amide bonds. The van der Waals surface area contributed by atoms with E-state index in [-0.39, 0.29) is 23.3 Å². The maximum absolute atomic E-state index is 12.2. The number of aromatic hydroxyl groups is 1. The van der Waals surface area contributed by atoms with Crippen LogP contribution in [0.3, 0.4) is 0 Å². The minimum absolute atomic E-state index is 0.0679. The maximum Gasteiger partial charge on any atom is 0.262 e. The molecule has 1 saturated carbocycles. The molecule has 4 heteroatoms. The number of amides is 1. The molecule has 110 valence electrons. The zero-order valence-electron chi connectivity index (χ0n) is 12.2. The monoisotopic (exact) mass is 284 g/mol. The number of benzene rings is 1. The van der Waals surface area contributed by atoms with Gasteiger partial charge in [-0.2, -0.15) is 5.26 Å². The highest BCUT2D eigenvalue weighted by Crippen LogP contribution is 2.24. The van der Waals surface area contributed by atoms with Gasteiger partial charge in [0.15, 0.2) is 0 Å². The molecule has 1 aromatic rings. The van der Waals surface area contributed by atoms with Crippen LogP contribution in [-0.2, 0) is 4.79 Å². The number of carbonyl (C=O) groups is 1. The molecule has 1 aliphatic carbocycles. The van der Waals surface area contributed by atoms with Crippen molar-refractivity contribution in [3.05, 3.63) is 35.4 Å². The molecule has 2 N–H and O–H groups in total. The van der Waals surface area contributed by atoms with Crippen LogP contribution in [0.2, 0.25) is 0 Å². The third-order valence-corrected chi connectivity index (χ3v) is 3.97. The number of phenolic OH excluding ortho intramolecular Hbond substituents is 1. The molecule has 2 unspecified atom stereocenters. The number of nitrogens with one attached hydrogen (secondary N) is 1. The van der Waals surface area contributed by atoms with Crippen LogP contribution >= 0.6 is 0 Å². The Morgan fingerprint density at radius 3 is 2.86 bits per heavy atom. The summed E-state index contributed by atoms with van der Waals surface area (Å²) in [6.07, 6.45) is 5.91. The molecule has 0 heterocycles. The van der Waals surface area contributed by atoms with E-state index in [4.69, 9.17) is 0 Å². The van der Waals surface area contributed by atoms with Crippen molar-refractivity contribution in [2.24, 2.45) is 5.92 Å². The highest BCUT2D eigenvalue weighted by Gasteiger charge is 2.23. The molecule has 0 aliphatic heterocycles. The molecule has 1 aromatic carbocycles. The number of nitrogens with zero attached hydrogens (tertiary/aromatic N) is 1. The molecular weight excluding hydrogens is 264 g/mol. The third-order valence-electron chi connectivity index (χ3n) is 3.97. The Bertz CT molecular complexity index is 587. The van der Waals surface area contributed by atoms with Crippen molar-refractivity contribution in [1.82, 2.24) is 5.32 Å². The summed E-state index contributed by atoms with van der Waals surface area (Å²) >= 11 is 0. The van der Waals surface area contributed by atoms with Gasteiger partial charge in [0.1, 0.15) is 17.4 Å². The molecule has 4 nitrogen and oxygen atoms in total. The lowest BCUT2D eigenvalue weighted by molar-refractivity contribution is -0.118. The molecule has 0 radical (unpaired) electrons. The van der Waals surface area contributed by atoms with E-state index in [1.54, 1.807) is 18.2 Å². The number of carbonyl (C=O) groups excluding carboxylic acids is 1. The standard InChI is InChI=1S/C17H20N2O2/c1-12-5-2-3-8-16(12)19-17(21)14(11-18)9-13-6-4-7-15(20)10-13/h4,6-7,9-10,12,16,20H,2-3,5,8H2,1H3,(H,19,21)/b14-9+. The Balaban J connectivity index is 2.10. The van der Waals surface area contributed by atoms with Crippen LogP contribution in [0, 0.1) is 17.2 Å². The first-order chi connectivity index (χ1) is 10.1. The van der Waals surface area contributed by atoms with Crippen LogP contribution in [0.4, 0.5) is 0 Å². The minimum atomic E-state index is -0.334. The van der Waals surface area contributed by atoms with E-state index >= 15 is 0 Å². The Kier molecular flexibility index (Phi) is 4.99. The molecule has 0 aromatic heterocycles. The molecule has 2 rings (SSSR count). The molecule has 21 heavy (non-hydrogen) atoms. The highest BCUT2D eigenvalue weighted by molar-refractivity contribution is 6.01. The average Bonchev–Trinajstić information content (AvgIpc) is 2.47. The van der Waals surface area contributed by atoms with Gasteiger partial charge in [0.25, 0.3) is 5.91 Å². The zero-order chi connectivity index (χ0) is 15.2. The molecule has 2 atom stereocenters. The number of hydrogen-bond donors (Lipinski definition) is 2. The number of hydrogen-bond acceptors (Lipinski definition) is 3. The van der Waals surface area contributed by atoms with Gasteiger partial charge in [-0.05, 0) is 42.5 Å². The summed E-state index contributed by atoms with van der Waals surface area (Å²) in [5, 5.41) is 21.6. The second-order valence-corrected chi connectivity index (χ2v) is 5.61. The molecule has 0 bridgehead atoms. The van der Waals surface area contributed by atoms with Crippen molar-refractivity contribution in [2.75, 3.05) is 0 Å². The second kappa shape index (κ2) is 6.94. The molecule has 1 fully saturated rings. The van der Waals surface area contributed by atoms with Crippen LogP contribution < -0.4 is 5.32 Å². The summed E-state index contributed by atoms with van der Waals surface area (Å²) in [5.41, 5.74) is 0.705. The van der Waals surface area contributed by atoms with Gasteiger partial charge < -0.3 is 10.4 Å². The van der Waals surface area contributed by atoms with Crippen LogP contribution in [0.1, 0.15) is 38.2 Å². The topological polar surface area (TPSA) is 73.1 Å². The van der Waals surface area contributed by atoms with Crippen LogP contribution in [0.15, 0.2) is 29.8 Å². The lowest BCUT2D eigenvalue weighted by Crippen LogP contribution is -2.41. The Hall–Kier alpha value is -2.28. The fourth-order valence-corrected chi connectivity index (χ4v) is 2.71.